The molecule has 1 aromatic rings. The Labute approximate surface area is 200 Å². The summed E-state index contributed by atoms with van der Waals surface area (Å²) in [7, 11) is 1.30. The first-order valence-corrected chi connectivity index (χ1v) is 12.1. The summed E-state index contributed by atoms with van der Waals surface area (Å²) in [6, 6.07) is 7.43. The molecule has 1 aromatic carbocycles. The smallest absolute Gasteiger partial charge is 0.337 e. The van der Waals surface area contributed by atoms with Crippen molar-refractivity contribution < 1.29 is 28.6 Å². The van der Waals surface area contributed by atoms with Crippen molar-refractivity contribution in [3.05, 3.63) is 52.4 Å². The highest BCUT2D eigenvalue weighted by Crippen LogP contribution is 2.46. The summed E-state index contributed by atoms with van der Waals surface area (Å²) in [5, 5.41) is 3.30. The van der Waals surface area contributed by atoms with Gasteiger partial charge in [0.2, 0.25) is 0 Å². The molecule has 0 amide bonds. The number of dihydropyridines is 1. The number of hydrogen-bond acceptors (Lipinski definition) is 7. The number of carbonyl (C=O) groups excluding carboxylic acids is 3. The second-order valence-electron chi connectivity index (χ2n) is 9.35. The van der Waals surface area contributed by atoms with Crippen molar-refractivity contribution in [1.82, 2.24) is 5.32 Å². The van der Waals surface area contributed by atoms with Crippen LogP contribution in [0.3, 0.4) is 0 Å². The number of methoxy groups -OCH3 is 1. The maximum absolute atomic E-state index is 13.7. The number of Topliss-reactive ketones (excluding diaryl/α,β-unsaturated/α-hetero) is 1. The van der Waals surface area contributed by atoms with E-state index >= 15 is 0 Å². The number of carbonyl (C=O) groups is 3. The zero-order valence-corrected chi connectivity index (χ0v) is 20.3. The Morgan fingerprint density at radius 3 is 2.41 bits per heavy atom. The van der Waals surface area contributed by atoms with Gasteiger partial charge in [0.05, 0.1) is 19.3 Å². The van der Waals surface area contributed by atoms with Gasteiger partial charge in [-0.1, -0.05) is 19.1 Å². The van der Waals surface area contributed by atoms with Crippen LogP contribution in [0.15, 0.2) is 46.8 Å². The first-order valence-electron chi connectivity index (χ1n) is 12.1. The molecule has 3 atom stereocenters. The number of nitrogens with one attached hydrogen (secondary N) is 1. The fraction of sp³-hybridized carbons (Fsp3) is 0.519. The lowest BCUT2D eigenvalue weighted by Gasteiger charge is -2.38. The Kier molecular flexibility index (Phi) is 7.10. The van der Waals surface area contributed by atoms with Crippen LogP contribution in [0.1, 0.15) is 64.4 Å². The number of allylic oxidation sites excluding steroid dienone is 3. The Morgan fingerprint density at radius 1 is 1.12 bits per heavy atom. The first-order chi connectivity index (χ1) is 16.3. The summed E-state index contributed by atoms with van der Waals surface area (Å²) >= 11 is 0. The van der Waals surface area contributed by atoms with Crippen molar-refractivity contribution >= 4 is 17.7 Å². The van der Waals surface area contributed by atoms with Crippen molar-refractivity contribution in [2.24, 2.45) is 11.8 Å². The van der Waals surface area contributed by atoms with Gasteiger partial charge >= 0.3 is 11.9 Å². The van der Waals surface area contributed by atoms with Crippen molar-refractivity contribution in [3.8, 4) is 5.75 Å². The Morgan fingerprint density at radius 2 is 1.79 bits per heavy atom. The number of ether oxygens (including phenoxy) is 3. The molecule has 0 spiro atoms. The fourth-order valence-corrected chi connectivity index (χ4v) is 5.43. The monoisotopic (exact) mass is 467 g/mol. The summed E-state index contributed by atoms with van der Waals surface area (Å²) in [5.41, 5.74) is 3.08. The highest BCUT2D eigenvalue weighted by Gasteiger charge is 2.47. The van der Waals surface area contributed by atoms with E-state index < -0.39 is 23.8 Å². The van der Waals surface area contributed by atoms with Crippen LogP contribution in [0.2, 0.25) is 0 Å². The second-order valence-corrected chi connectivity index (χ2v) is 9.35. The van der Waals surface area contributed by atoms with Gasteiger partial charge in [-0.3, -0.25) is 9.59 Å². The van der Waals surface area contributed by atoms with Gasteiger partial charge in [-0.25, -0.2) is 4.79 Å². The van der Waals surface area contributed by atoms with E-state index in [1.807, 2.05) is 45.0 Å². The molecular formula is C27H33NO6. The molecule has 1 N–H and O–H groups in total. The quantitative estimate of drug-likeness (QED) is 0.496. The summed E-state index contributed by atoms with van der Waals surface area (Å²) < 4.78 is 16.4. The van der Waals surface area contributed by atoms with Gasteiger partial charge < -0.3 is 19.5 Å². The lowest BCUT2D eigenvalue weighted by molar-refractivity contribution is -0.151. The van der Waals surface area contributed by atoms with Gasteiger partial charge in [0.1, 0.15) is 17.8 Å². The Balaban J connectivity index is 1.78. The van der Waals surface area contributed by atoms with Crippen molar-refractivity contribution in [1.29, 1.82) is 0 Å². The van der Waals surface area contributed by atoms with Gasteiger partial charge in [-0.2, -0.15) is 0 Å². The number of hydrogen-bond donors (Lipinski definition) is 1. The van der Waals surface area contributed by atoms with E-state index in [-0.39, 0.29) is 17.8 Å². The van der Waals surface area contributed by atoms with Gasteiger partial charge in [0.25, 0.3) is 0 Å². The van der Waals surface area contributed by atoms with Crippen molar-refractivity contribution in [2.45, 2.75) is 64.9 Å². The van der Waals surface area contributed by atoms with E-state index in [0.29, 0.717) is 35.6 Å². The maximum Gasteiger partial charge on any atom is 0.337 e. The van der Waals surface area contributed by atoms with E-state index in [1.54, 1.807) is 0 Å². The molecule has 1 aliphatic heterocycles. The minimum atomic E-state index is -0.902. The predicted molar refractivity (Wildman–Crippen MR) is 126 cm³/mol. The fourth-order valence-electron chi connectivity index (χ4n) is 5.43. The minimum Gasteiger partial charge on any atom is -0.494 e. The predicted octanol–water partition coefficient (Wildman–Crippen LogP) is 4.18. The van der Waals surface area contributed by atoms with Crippen molar-refractivity contribution in [2.75, 3.05) is 13.7 Å². The number of esters is 2. The molecule has 34 heavy (non-hydrogen) atoms. The van der Waals surface area contributed by atoms with Crippen LogP contribution in [0, 0.1) is 11.8 Å². The molecular weight excluding hydrogens is 434 g/mol. The topological polar surface area (TPSA) is 90.9 Å². The van der Waals surface area contributed by atoms with E-state index in [0.717, 1.165) is 36.9 Å². The summed E-state index contributed by atoms with van der Waals surface area (Å²) in [6.07, 6.45) is 4.21. The third-order valence-corrected chi connectivity index (χ3v) is 7.06. The average molecular weight is 468 g/mol. The molecule has 3 aliphatic rings. The van der Waals surface area contributed by atoms with Crippen LogP contribution in [0.4, 0.5) is 0 Å². The van der Waals surface area contributed by atoms with E-state index in [9.17, 15) is 14.4 Å². The normalized spacial score (nSPS) is 25.1. The van der Waals surface area contributed by atoms with Gasteiger partial charge in [-0.05, 0) is 69.6 Å². The van der Waals surface area contributed by atoms with E-state index in [4.69, 9.17) is 14.2 Å². The molecule has 0 radical (unpaired) electrons. The molecule has 1 saturated carbocycles. The second kappa shape index (κ2) is 10.0. The average Bonchev–Trinajstić information content (AvgIpc) is 3.31. The number of benzene rings is 1. The Bertz CT molecular complexity index is 1030. The van der Waals surface area contributed by atoms with Crippen LogP contribution in [-0.4, -0.2) is 37.5 Å². The van der Waals surface area contributed by atoms with Gasteiger partial charge in [0, 0.05) is 22.9 Å². The SMILES string of the molecule is CCOc1ccc([C@@H]2C(C(=O)OC3CCCC3)=C(C)NC3=C2C(=O)[C@@H](C(=O)OC)[C@H](C)C3)cc1. The van der Waals surface area contributed by atoms with Crippen LogP contribution in [-0.2, 0) is 23.9 Å². The number of rotatable bonds is 6. The zero-order chi connectivity index (χ0) is 24.4. The Hall–Kier alpha value is -3.09. The number of ketones is 1. The summed E-state index contributed by atoms with van der Waals surface area (Å²) in [6.45, 7) is 6.17. The lowest BCUT2D eigenvalue weighted by Crippen LogP contribution is -2.43. The third kappa shape index (κ3) is 4.48. The van der Waals surface area contributed by atoms with Crippen LogP contribution in [0.25, 0.3) is 0 Å². The molecule has 0 aromatic heterocycles. The molecule has 0 bridgehead atoms. The van der Waals surface area contributed by atoms with Gasteiger partial charge in [0.15, 0.2) is 5.78 Å². The third-order valence-electron chi connectivity index (χ3n) is 7.06. The minimum absolute atomic E-state index is 0.103. The highest BCUT2D eigenvalue weighted by atomic mass is 16.5. The van der Waals surface area contributed by atoms with Crippen LogP contribution in [0.5, 0.6) is 5.75 Å². The standard InChI is InChI=1S/C27H33NO6/c1-5-33-18-12-10-17(11-13-18)23-22(27(31)34-19-8-6-7-9-19)16(3)28-20-14-15(2)21(26(30)32-4)25(29)24(20)23/h10-13,15,19,21,23,28H,5-9,14H2,1-4H3/t15-,21+,23-/m1/s1. The molecule has 182 valence electrons. The van der Waals surface area contributed by atoms with Crippen LogP contribution < -0.4 is 10.1 Å². The lowest BCUT2D eigenvalue weighted by atomic mass is 9.69. The molecule has 1 heterocycles. The summed E-state index contributed by atoms with van der Waals surface area (Å²) in [5.74, 6) is -2.30. The molecule has 0 unspecified atom stereocenters. The molecule has 4 rings (SSSR count). The van der Waals surface area contributed by atoms with E-state index in [2.05, 4.69) is 5.32 Å². The molecule has 0 saturated heterocycles. The molecule has 7 heteroatoms. The van der Waals surface area contributed by atoms with Gasteiger partial charge in [-0.15, -0.1) is 0 Å². The summed E-state index contributed by atoms with van der Waals surface area (Å²) in [4.78, 5) is 39.7. The first kappa shape index (κ1) is 24.0. The van der Waals surface area contributed by atoms with E-state index in [1.165, 1.54) is 7.11 Å². The maximum atomic E-state index is 13.7. The largest absolute Gasteiger partial charge is 0.494 e. The molecule has 7 nitrogen and oxygen atoms in total. The molecule has 1 fully saturated rings. The van der Waals surface area contributed by atoms with Crippen LogP contribution >= 0.6 is 0 Å². The highest BCUT2D eigenvalue weighted by molar-refractivity contribution is 6.12. The van der Waals surface area contributed by atoms with Crippen molar-refractivity contribution in [3.63, 3.8) is 0 Å². The molecule has 2 aliphatic carbocycles. The zero-order valence-electron chi connectivity index (χ0n) is 20.3.